The maximum Gasteiger partial charge on any atom is 0.261 e. The summed E-state index contributed by atoms with van der Waals surface area (Å²) >= 11 is 0. The van der Waals surface area contributed by atoms with E-state index in [2.05, 4.69) is 41.4 Å². The molecule has 2 aromatic heterocycles. The number of guanidine groups is 1. The topological polar surface area (TPSA) is 127 Å². The highest BCUT2D eigenvalue weighted by Gasteiger charge is 2.56. The van der Waals surface area contributed by atoms with E-state index in [9.17, 15) is 14.0 Å². The normalized spacial score (nSPS) is 24.7. The van der Waals surface area contributed by atoms with Gasteiger partial charge in [-0.3, -0.25) is 19.1 Å². The maximum absolute atomic E-state index is 14.8. The second-order valence-electron chi connectivity index (χ2n) is 14.4. The maximum atomic E-state index is 14.8. The molecule has 1 aliphatic heterocycles. The molecule has 5 atom stereocenters. The van der Waals surface area contributed by atoms with Gasteiger partial charge in [0.15, 0.2) is 11.8 Å². The molecule has 1 amide bonds. The number of piperazine rings is 1. The second-order valence-corrected chi connectivity index (χ2v) is 14.4. The van der Waals surface area contributed by atoms with Crippen LogP contribution in [0.3, 0.4) is 0 Å². The van der Waals surface area contributed by atoms with Gasteiger partial charge in [0.2, 0.25) is 5.91 Å². The van der Waals surface area contributed by atoms with Crippen molar-refractivity contribution < 1.29 is 13.9 Å². The molecule has 256 valence electrons. The first kappa shape index (κ1) is 32.7. The van der Waals surface area contributed by atoms with E-state index in [0.29, 0.717) is 75.1 Å². The molecule has 8 rings (SSSR count). The van der Waals surface area contributed by atoms with Crippen molar-refractivity contribution in [1.82, 2.24) is 35.1 Å². The van der Waals surface area contributed by atoms with Gasteiger partial charge < -0.3 is 20.3 Å². The molecule has 3 saturated carbocycles. The lowest BCUT2D eigenvalue weighted by Crippen LogP contribution is -2.63. The first-order chi connectivity index (χ1) is 23.5. The van der Waals surface area contributed by atoms with Gasteiger partial charge in [0.05, 0.1) is 36.4 Å². The second kappa shape index (κ2) is 12.9. The van der Waals surface area contributed by atoms with Crippen molar-refractivity contribution in [2.75, 3.05) is 20.2 Å². The van der Waals surface area contributed by atoms with Crippen molar-refractivity contribution in [2.24, 2.45) is 28.2 Å². The Labute approximate surface area is 285 Å². The van der Waals surface area contributed by atoms with E-state index in [4.69, 9.17) is 14.7 Å². The fourth-order valence-electron chi connectivity index (χ4n) is 8.11. The fourth-order valence-corrected chi connectivity index (χ4v) is 8.11. The molecule has 11 nitrogen and oxygen atoms in total. The molecule has 3 aliphatic carbocycles. The molecule has 2 N–H and O–H groups in total. The number of rotatable bonds is 7. The monoisotopic (exact) mass is 666 g/mol. The number of ether oxygens (including phenoxy) is 1. The summed E-state index contributed by atoms with van der Waals surface area (Å²) in [5, 5.41) is 7.18. The van der Waals surface area contributed by atoms with Crippen LogP contribution in [-0.4, -0.2) is 68.6 Å². The summed E-state index contributed by atoms with van der Waals surface area (Å²) in [6, 6.07) is 10.2. The van der Waals surface area contributed by atoms with Crippen molar-refractivity contribution in [3.63, 3.8) is 0 Å². The number of methoxy groups -OCH3 is 1. The minimum atomic E-state index is -0.405. The SMILES string of the molecule is COc1ccc(CCn2c(-c3cnccn3)nc3cc(N=C(N[C@H]4C[C@@H]5C[C@@H]([C@H]4C)C5(C)C)N4CC(=O)N[C@@H](C)C4)ccc3c2=O)c(F)c1. The van der Waals surface area contributed by atoms with E-state index in [0.717, 1.165) is 6.42 Å². The van der Waals surface area contributed by atoms with Gasteiger partial charge in [-0.2, -0.15) is 0 Å². The van der Waals surface area contributed by atoms with Gasteiger partial charge in [-0.1, -0.05) is 26.8 Å². The van der Waals surface area contributed by atoms with Gasteiger partial charge in [0.1, 0.15) is 17.3 Å². The molecule has 3 heterocycles. The molecule has 49 heavy (non-hydrogen) atoms. The highest BCUT2D eigenvalue weighted by Crippen LogP contribution is 2.61. The average Bonchev–Trinajstić information content (AvgIpc) is 3.08. The molecular formula is C37H43FN8O3. The third kappa shape index (κ3) is 6.24. The quantitative estimate of drug-likeness (QED) is 0.215. The number of hydrogen-bond donors (Lipinski definition) is 2. The molecule has 0 spiro atoms. The number of carbonyl (C=O) groups excluding carboxylic acids is 1. The number of aliphatic imine (C=N–C) groups is 1. The summed E-state index contributed by atoms with van der Waals surface area (Å²) in [6.07, 6.45) is 7.24. The zero-order valence-corrected chi connectivity index (χ0v) is 28.6. The van der Waals surface area contributed by atoms with Crippen LogP contribution in [0.2, 0.25) is 0 Å². The molecule has 12 heteroatoms. The lowest BCUT2D eigenvalue weighted by Gasteiger charge is -2.62. The predicted molar refractivity (Wildman–Crippen MR) is 186 cm³/mol. The van der Waals surface area contributed by atoms with Crippen LogP contribution in [0, 0.1) is 29.0 Å². The zero-order chi connectivity index (χ0) is 34.4. The smallest absolute Gasteiger partial charge is 0.261 e. The van der Waals surface area contributed by atoms with Crippen molar-refractivity contribution in [3.8, 4) is 17.3 Å². The van der Waals surface area contributed by atoms with Gasteiger partial charge in [0, 0.05) is 43.6 Å². The first-order valence-corrected chi connectivity index (χ1v) is 17.0. The lowest BCUT2D eigenvalue weighted by atomic mass is 9.45. The number of halogens is 1. The minimum Gasteiger partial charge on any atom is -0.497 e. The molecular weight excluding hydrogens is 623 g/mol. The van der Waals surface area contributed by atoms with Crippen LogP contribution in [-0.2, 0) is 17.8 Å². The van der Waals surface area contributed by atoms with Gasteiger partial charge in [-0.25, -0.2) is 19.4 Å². The molecule has 0 unspecified atom stereocenters. The molecule has 1 saturated heterocycles. The highest BCUT2D eigenvalue weighted by atomic mass is 19.1. The molecule has 4 aromatic rings. The summed E-state index contributed by atoms with van der Waals surface area (Å²) in [5.41, 5.74) is 2.02. The summed E-state index contributed by atoms with van der Waals surface area (Å²) in [7, 11) is 1.49. The van der Waals surface area contributed by atoms with Crippen LogP contribution in [0.1, 0.15) is 46.1 Å². The van der Waals surface area contributed by atoms with Crippen LogP contribution in [0.4, 0.5) is 10.1 Å². The van der Waals surface area contributed by atoms with Gasteiger partial charge in [0.25, 0.3) is 5.56 Å². The van der Waals surface area contributed by atoms with Crippen LogP contribution < -0.4 is 20.9 Å². The van der Waals surface area contributed by atoms with Crippen LogP contribution >= 0.6 is 0 Å². The molecule has 2 bridgehead atoms. The Morgan fingerprint density at radius 1 is 1.14 bits per heavy atom. The van der Waals surface area contributed by atoms with E-state index in [-0.39, 0.29) is 43.1 Å². The predicted octanol–water partition coefficient (Wildman–Crippen LogP) is 4.71. The largest absolute Gasteiger partial charge is 0.497 e. The van der Waals surface area contributed by atoms with Gasteiger partial charge in [-0.15, -0.1) is 0 Å². The number of hydrogen-bond acceptors (Lipinski definition) is 7. The van der Waals surface area contributed by atoms with E-state index in [1.807, 2.05) is 11.8 Å². The Kier molecular flexibility index (Phi) is 8.58. The van der Waals surface area contributed by atoms with Gasteiger partial charge >= 0.3 is 0 Å². The highest BCUT2D eigenvalue weighted by molar-refractivity contribution is 5.90. The number of nitrogens with one attached hydrogen (secondary N) is 2. The number of carbonyl (C=O) groups is 1. The fraction of sp³-hybridized carbons (Fsp3) is 0.459. The lowest BCUT2D eigenvalue weighted by molar-refractivity contribution is -0.124. The van der Waals surface area contributed by atoms with Crippen LogP contribution in [0.25, 0.3) is 22.4 Å². The summed E-state index contributed by atoms with van der Waals surface area (Å²) in [6.45, 7) is 10.1. The van der Waals surface area contributed by atoms with Crippen LogP contribution in [0.5, 0.6) is 5.75 Å². The number of aromatic nitrogens is 4. The van der Waals surface area contributed by atoms with Crippen molar-refractivity contribution in [2.45, 2.75) is 65.6 Å². The van der Waals surface area contributed by atoms with E-state index in [1.165, 1.54) is 24.2 Å². The first-order valence-electron chi connectivity index (χ1n) is 17.0. The third-order valence-electron chi connectivity index (χ3n) is 11.0. The summed E-state index contributed by atoms with van der Waals surface area (Å²) in [5.74, 6) is 2.72. The van der Waals surface area contributed by atoms with Crippen molar-refractivity contribution >= 4 is 28.5 Å². The third-order valence-corrected chi connectivity index (χ3v) is 11.0. The average molecular weight is 667 g/mol. The molecule has 4 aliphatic rings. The van der Waals surface area contributed by atoms with E-state index in [1.54, 1.807) is 48.9 Å². The molecule has 2 aromatic carbocycles. The Hall–Kier alpha value is -4.87. The number of nitrogens with zero attached hydrogens (tertiary/aromatic N) is 6. The summed E-state index contributed by atoms with van der Waals surface area (Å²) < 4.78 is 21.5. The Morgan fingerprint density at radius 3 is 2.67 bits per heavy atom. The van der Waals surface area contributed by atoms with E-state index < -0.39 is 5.82 Å². The zero-order valence-electron chi connectivity index (χ0n) is 28.6. The Balaban J connectivity index is 1.25. The number of benzene rings is 2. The molecule has 4 fully saturated rings. The Morgan fingerprint density at radius 2 is 1.98 bits per heavy atom. The summed E-state index contributed by atoms with van der Waals surface area (Å²) in [4.78, 5) is 47.3. The van der Waals surface area contributed by atoms with Crippen molar-refractivity contribution in [3.05, 3.63) is 76.7 Å². The molecule has 0 radical (unpaired) electrons. The number of amides is 1. The van der Waals surface area contributed by atoms with Gasteiger partial charge in [-0.05, 0) is 79.2 Å². The number of aryl methyl sites for hydroxylation is 1. The van der Waals surface area contributed by atoms with Crippen molar-refractivity contribution in [1.29, 1.82) is 0 Å². The Bertz CT molecular complexity index is 1980. The standard InChI is InChI=1S/C37H43FN8O3/c1-21-19-45(20-33(47)41-21)36(44-30-15-24-14-28(22(30)2)37(24,3)4)42-25-7-9-27-31(16-25)43-34(32-18-39-11-12-40-32)46(35(27)48)13-10-23-6-8-26(49-5)17-29(23)38/h6-9,11-12,16-18,21-22,24,28,30H,10,13-15,19-20H2,1-5H3,(H,41,47)(H,42,44)/t21-,22+,24-,28-,30-/m0/s1. The van der Waals surface area contributed by atoms with Crippen LogP contribution in [0.15, 0.2) is 64.8 Å². The number of fused-ring (bicyclic) bond motifs is 3. The van der Waals surface area contributed by atoms with E-state index >= 15 is 0 Å². The minimum absolute atomic E-state index is 0.0259.